The second kappa shape index (κ2) is 3.33. The van der Waals surface area contributed by atoms with E-state index in [-0.39, 0.29) is 0 Å². The average Bonchev–Trinajstić information content (AvgIpc) is 2.70. The molecule has 0 atom stereocenters. The molecule has 2 aromatic heterocycles. The van der Waals surface area contributed by atoms with Gasteiger partial charge in [-0.15, -0.1) is 11.3 Å². The molecule has 2 rings (SSSR count). The summed E-state index contributed by atoms with van der Waals surface area (Å²) < 4.78 is 0. The quantitative estimate of drug-likeness (QED) is 0.686. The van der Waals surface area contributed by atoms with Crippen LogP contribution < -0.4 is 0 Å². The maximum absolute atomic E-state index is 8.80. The molecule has 2 aromatic rings. The van der Waals surface area contributed by atoms with Crippen LogP contribution in [0.5, 0.6) is 0 Å². The molecule has 0 amide bonds. The Balaban J connectivity index is 2.59. The van der Waals surface area contributed by atoms with E-state index < -0.39 is 0 Å². The molecular formula is C9H5N3S. The van der Waals surface area contributed by atoms with E-state index in [1.165, 1.54) is 11.3 Å². The van der Waals surface area contributed by atoms with Crippen LogP contribution in [0.2, 0.25) is 0 Å². The summed E-state index contributed by atoms with van der Waals surface area (Å²) in [5.74, 6) is 0. The summed E-state index contributed by atoms with van der Waals surface area (Å²) in [5, 5.41) is 10.7. The van der Waals surface area contributed by atoms with Gasteiger partial charge < -0.3 is 0 Å². The van der Waals surface area contributed by atoms with Crippen molar-refractivity contribution in [3.05, 3.63) is 34.8 Å². The SMILES string of the molecule is N#Cc1cccnc1-c1cscn1. The summed E-state index contributed by atoms with van der Waals surface area (Å²) in [5.41, 5.74) is 3.72. The van der Waals surface area contributed by atoms with Crippen molar-refractivity contribution >= 4 is 11.3 Å². The zero-order chi connectivity index (χ0) is 9.10. The van der Waals surface area contributed by atoms with Crippen LogP contribution in [-0.2, 0) is 0 Å². The maximum atomic E-state index is 8.80. The summed E-state index contributed by atoms with van der Waals surface area (Å²) in [6.07, 6.45) is 1.66. The molecule has 3 nitrogen and oxygen atoms in total. The molecule has 13 heavy (non-hydrogen) atoms. The number of nitriles is 1. The topological polar surface area (TPSA) is 49.6 Å². The van der Waals surface area contributed by atoms with Gasteiger partial charge in [-0.05, 0) is 12.1 Å². The minimum absolute atomic E-state index is 0.563. The van der Waals surface area contributed by atoms with Crippen LogP contribution in [0.15, 0.2) is 29.2 Å². The standard InChI is InChI=1S/C9H5N3S/c10-4-7-2-1-3-11-9(7)8-5-13-6-12-8/h1-3,5-6H. The molecule has 0 aliphatic rings. The van der Waals surface area contributed by atoms with Crippen molar-refractivity contribution in [2.24, 2.45) is 0 Å². The Labute approximate surface area is 79.3 Å². The van der Waals surface area contributed by atoms with Gasteiger partial charge in [0.05, 0.1) is 11.1 Å². The van der Waals surface area contributed by atoms with Gasteiger partial charge in [-0.2, -0.15) is 5.26 Å². The van der Waals surface area contributed by atoms with Gasteiger partial charge in [0.1, 0.15) is 17.5 Å². The lowest BCUT2D eigenvalue weighted by molar-refractivity contribution is 1.26. The first-order valence-electron chi connectivity index (χ1n) is 3.65. The van der Waals surface area contributed by atoms with Crippen LogP contribution >= 0.6 is 11.3 Å². The normalized spacial score (nSPS) is 9.46. The Morgan fingerprint density at radius 1 is 1.38 bits per heavy atom. The predicted octanol–water partition coefficient (Wildman–Crippen LogP) is 2.08. The van der Waals surface area contributed by atoms with Gasteiger partial charge >= 0.3 is 0 Å². The third-order valence-corrected chi connectivity index (χ3v) is 2.19. The average molecular weight is 187 g/mol. The van der Waals surface area contributed by atoms with E-state index in [2.05, 4.69) is 16.0 Å². The zero-order valence-electron chi connectivity index (χ0n) is 6.64. The van der Waals surface area contributed by atoms with Crippen molar-refractivity contribution in [1.82, 2.24) is 9.97 Å². The van der Waals surface area contributed by atoms with Gasteiger partial charge in [-0.25, -0.2) is 4.98 Å². The minimum Gasteiger partial charge on any atom is -0.253 e. The van der Waals surface area contributed by atoms with E-state index in [4.69, 9.17) is 5.26 Å². The summed E-state index contributed by atoms with van der Waals surface area (Å²) in [7, 11) is 0. The first kappa shape index (κ1) is 7.90. The van der Waals surface area contributed by atoms with Crippen LogP contribution in [0.4, 0.5) is 0 Å². The van der Waals surface area contributed by atoms with E-state index in [1.807, 2.05) is 5.38 Å². The van der Waals surface area contributed by atoms with Crippen molar-refractivity contribution in [3.8, 4) is 17.5 Å². The molecular weight excluding hydrogens is 182 g/mol. The van der Waals surface area contributed by atoms with E-state index in [0.717, 1.165) is 5.69 Å². The molecule has 0 saturated carbocycles. The largest absolute Gasteiger partial charge is 0.253 e. The highest BCUT2D eigenvalue weighted by Gasteiger charge is 2.06. The smallest absolute Gasteiger partial charge is 0.107 e. The number of aromatic nitrogens is 2. The third-order valence-electron chi connectivity index (χ3n) is 1.60. The molecule has 0 saturated heterocycles. The van der Waals surface area contributed by atoms with E-state index in [0.29, 0.717) is 11.3 Å². The lowest BCUT2D eigenvalue weighted by Gasteiger charge is -1.96. The van der Waals surface area contributed by atoms with Crippen molar-refractivity contribution in [2.45, 2.75) is 0 Å². The van der Waals surface area contributed by atoms with Crippen molar-refractivity contribution < 1.29 is 0 Å². The number of hydrogen-bond acceptors (Lipinski definition) is 4. The summed E-state index contributed by atoms with van der Waals surface area (Å²) in [6.45, 7) is 0. The molecule has 0 aromatic carbocycles. The first-order valence-corrected chi connectivity index (χ1v) is 4.60. The molecule has 0 N–H and O–H groups in total. The lowest BCUT2D eigenvalue weighted by atomic mass is 10.2. The molecule has 2 heterocycles. The highest BCUT2D eigenvalue weighted by molar-refractivity contribution is 7.07. The molecule has 0 unspecified atom stereocenters. The Bertz CT molecular complexity index is 442. The van der Waals surface area contributed by atoms with Gasteiger partial charge in [0.2, 0.25) is 0 Å². The molecule has 0 bridgehead atoms. The zero-order valence-corrected chi connectivity index (χ0v) is 7.45. The van der Waals surface area contributed by atoms with Crippen LogP contribution in [0.25, 0.3) is 11.4 Å². The highest BCUT2D eigenvalue weighted by Crippen LogP contribution is 2.19. The fourth-order valence-electron chi connectivity index (χ4n) is 1.03. The molecule has 62 valence electrons. The second-order valence-electron chi connectivity index (χ2n) is 2.39. The number of thiazole rings is 1. The van der Waals surface area contributed by atoms with E-state index in [1.54, 1.807) is 23.8 Å². The fourth-order valence-corrected chi connectivity index (χ4v) is 1.57. The Morgan fingerprint density at radius 2 is 2.31 bits per heavy atom. The molecule has 0 spiro atoms. The van der Waals surface area contributed by atoms with Gasteiger partial charge in [-0.1, -0.05) is 0 Å². The van der Waals surface area contributed by atoms with E-state index in [9.17, 15) is 0 Å². The van der Waals surface area contributed by atoms with Gasteiger partial charge in [0, 0.05) is 11.6 Å². The fraction of sp³-hybridized carbons (Fsp3) is 0. The summed E-state index contributed by atoms with van der Waals surface area (Å²) in [6, 6.07) is 5.57. The van der Waals surface area contributed by atoms with Crippen LogP contribution in [0.1, 0.15) is 5.56 Å². The van der Waals surface area contributed by atoms with Gasteiger partial charge in [-0.3, -0.25) is 4.98 Å². The minimum atomic E-state index is 0.563. The number of rotatable bonds is 1. The first-order chi connectivity index (χ1) is 6.42. The van der Waals surface area contributed by atoms with Crippen LogP contribution in [-0.4, -0.2) is 9.97 Å². The third kappa shape index (κ3) is 1.42. The monoisotopic (exact) mass is 187 g/mol. The molecule has 0 aliphatic carbocycles. The molecule has 0 aliphatic heterocycles. The number of nitrogens with zero attached hydrogens (tertiary/aromatic N) is 3. The van der Waals surface area contributed by atoms with Crippen molar-refractivity contribution in [1.29, 1.82) is 5.26 Å². The summed E-state index contributed by atoms with van der Waals surface area (Å²) in [4.78, 5) is 8.21. The maximum Gasteiger partial charge on any atom is 0.107 e. The molecule has 4 heteroatoms. The highest BCUT2D eigenvalue weighted by atomic mass is 32.1. The summed E-state index contributed by atoms with van der Waals surface area (Å²) >= 11 is 1.49. The molecule has 0 fully saturated rings. The predicted molar refractivity (Wildman–Crippen MR) is 50.1 cm³/mol. The Kier molecular flexibility index (Phi) is 2.02. The number of hydrogen-bond donors (Lipinski definition) is 0. The van der Waals surface area contributed by atoms with Gasteiger partial charge in [0.15, 0.2) is 0 Å². The van der Waals surface area contributed by atoms with Crippen molar-refractivity contribution in [2.75, 3.05) is 0 Å². The second-order valence-corrected chi connectivity index (χ2v) is 3.10. The van der Waals surface area contributed by atoms with E-state index >= 15 is 0 Å². The number of pyridine rings is 1. The van der Waals surface area contributed by atoms with Crippen molar-refractivity contribution in [3.63, 3.8) is 0 Å². The molecule has 0 radical (unpaired) electrons. The van der Waals surface area contributed by atoms with Crippen LogP contribution in [0, 0.1) is 11.3 Å². The Hall–Kier alpha value is -1.73. The van der Waals surface area contributed by atoms with Gasteiger partial charge in [0.25, 0.3) is 0 Å². The Morgan fingerprint density at radius 3 is 3.00 bits per heavy atom. The lowest BCUT2D eigenvalue weighted by Crippen LogP contribution is -1.87. The van der Waals surface area contributed by atoms with Crippen LogP contribution in [0.3, 0.4) is 0 Å².